The topological polar surface area (TPSA) is 134 Å². The van der Waals surface area contributed by atoms with Gasteiger partial charge in [-0.1, -0.05) is 12.1 Å². The highest BCUT2D eigenvalue weighted by molar-refractivity contribution is 6.26. The summed E-state index contributed by atoms with van der Waals surface area (Å²) in [6.07, 6.45) is -0.0907. The van der Waals surface area contributed by atoms with Crippen LogP contribution >= 0.6 is 0 Å². The molecular formula is C23H24N6O5. The molecule has 1 atom stereocenters. The van der Waals surface area contributed by atoms with Crippen LogP contribution in [0.3, 0.4) is 0 Å². The van der Waals surface area contributed by atoms with Gasteiger partial charge in [0.1, 0.15) is 18.8 Å². The van der Waals surface area contributed by atoms with Gasteiger partial charge in [-0.05, 0) is 23.1 Å². The number of aromatic nitrogens is 2. The first-order valence-electron chi connectivity index (χ1n) is 11.1. The van der Waals surface area contributed by atoms with Gasteiger partial charge in [0.2, 0.25) is 0 Å². The average molecular weight is 464 g/mol. The fourth-order valence-corrected chi connectivity index (χ4v) is 4.78. The zero-order chi connectivity index (χ0) is 24.0. The Bertz CT molecular complexity index is 1290. The average Bonchev–Trinajstić information content (AvgIpc) is 3.20. The van der Waals surface area contributed by atoms with Crippen LogP contribution < -0.4 is 10.2 Å². The van der Waals surface area contributed by atoms with Gasteiger partial charge in [0, 0.05) is 60.7 Å². The first kappa shape index (κ1) is 22.0. The van der Waals surface area contributed by atoms with E-state index < -0.39 is 22.8 Å². The third kappa shape index (κ3) is 3.58. The number of aliphatic hydroxyl groups excluding tert-OH is 1. The molecule has 2 aromatic carbocycles. The van der Waals surface area contributed by atoms with Crippen molar-refractivity contribution in [2.45, 2.75) is 19.6 Å². The first-order valence-corrected chi connectivity index (χ1v) is 11.1. The number of aliphatic hydroxyl groups is 1. The summed E-state index contributed by atoms with van der Waals surface area (Å²) in [5.41, 5.74) is 1.79. The van der Waals surface area contributed by atoms with Crippen molar-refractivity contribution in [2.75, 3.05) is 37.6 Å². The number of imide groups is 1. The summed E-state index contributed by atoms with van der Waals surface area (Å²) >= 11 is 0. The number of aryl methyl sites for hydroxylation is 1. The molecule has 0 bridgehead atoms. The second-order valence-electron chi connectivity index (χ2n) is 8.50. The number of nitrogens with one attached hydrogen (secondary N) is 1. The van der Waals surface area contributed by atoms with Crippen LogP contribution in [0.1, 0.15) is 26.5 Å². The summed E-state index contributed by atoms with van der Waals surface area (Å²) in [6, 6.07) is 9.06. The van der Waals surface area contributed by atoms with Gasteiger partial charge in [-0.2, -0.15) is 0 Å². The minimum absolute atomic E-state index is 0.168. The maximum Gasteiger partial charge on any atom is 0.342 e. The van der Waals surface area contributed by atoms with Crippen molar-refractivity contribution in [3.05, 3.63) is 63.6 Å². The second kappa shape index (κ2) is 8.50. The van der Waals surface area contributed by atoms with Gasteiger partial charge in [0.05, 0.1) is 6.54 Å². The minimum atomic E-state index is -1.21. The lowest BCUT2D eigenvalue weighted by Gasteiger charge is -2.33. The van der Waals surface area contributed by atoms with Crippen LogP contribution in [-0.2, 0) is 6.54 Å². The monoisotopic (exact) mass is 464 g/mol. The molecule has 2 aliphatic heterocycles. The lowest BCUT2D eigenvalue weighted by atomic mass is 9.92. The quantitative estimate of drug-likeness (QED) is 0.317. The highest BCUT2D eigenvalue weighted by Crippen LogP contribution is 2.36. The fraction of sp³-hybridized carbons (Fsp3) is 0.348. The smallest absolute Gasteiger partial charge is 0.342 e. The van der Waals surface area contributed by atoms with Crippen molar-refractivity contribution in [3.8, 4) is 0 Å². The van der Waals surface area contributed by atoms with Crippen molar-refractivity contribution in [1.29, 1.82) is 0 Å². The molecule has 176 valence electrons. The van der Waals surface area contributed by atoms with Gasteiger partial charge >= 0.3 is 5.82 Å². The van der Waals surface area contributed by atoms with Crippen molar-refractivity contribution in [3.63, 3.8) is 0 Å². The number of anilines is 1. The fourth-order valence-electron chi connectivity index (χ4n) is 4.78. The molecule has 3 aromatic rings. The molecule has 3 heterocycles. The number of hydrogen-bond acceptors (Lipinski definition) is 8. The number of rotatable bonds is 6. The van der Waals surface area contributed by atoms with Crippen LogP contribution in [0.25, 0.3) is 10.8 Å². The van der Waals surface area contributed by atoms with E-state index in [1.54, 1.807) is 25.1 Å². The molecule has 2 aliphatic rings. The Kier molecular flexibility index (Phi) is 5.50. The predicted octanol–water partition coefficient (Wildman–Crippen LogP) is 1.32. The van der Waals surface area contributed by atoms with Crippen LogP contribution in [0.5, 0.6) is 0 Å². The lowest BCUT2D eigenvalue weighted by Crippen LogP contribution is -2.46. The molecule has 2 N–H and O–H groups in total. The Morgan fingerprint density at radius 2 is 1.82 bits per heavy atom. The van der Waals surface area contributed by atoms with E-state index in [9.17, 15) is 24.8 Å². The Labute approximate surface area is 194 Å². The third-order valence-corrected chi connectivity index (χ3v) is 6.43. The van der Waals surface area contributed by atoms with E-state index in [0.717, 1.165) is 48.3 Å². The molecule has 0 radical (unpaired) electrons. The number of hydrogen-bond donors (Lipinski definition) is 2. The highest BCUT2D eigenvalue weighted by Gasteiger charge is 2.35. The zero-order valence-corrected chi connectivity index (χ0v) is 18.6. The largest absolute Gasteiger partial charge is 0.387 e. The van der Waals surface area contributed by atoms with Gasteiger partial charge < -0.3 is 25.4 Å². The van der Waals surface area contributed by atoms with Crippen LogP contribution in [0.4, 0.5) is 11.5 Å². The number of carbonyl (C=O) groups is 2. The maximum atomic E-state index is 13.3. The van der Waals surface area contributed by atoms with Crippen LogP contribution in [0.2, 0.25) is 0 Å². The SMILES string of the molecule is Cc1ncc([N+](=O)[O-])n1CC(O)CN1C(=O)c2cccc3c(N4CCNCC4)ccc(c23)C1=O. The van der Waals surface area contributed by atoms with Gasteiger partial charge in [0.25, 0.3) is 11.8 Å². The summed E-state index contributed by atoms with van der Waals surface area (Å²) in [6.45, 7) is 4.52. The molecule has 0 aliphatic carbocycles. The van der Waals surface area contributed by atoms with Crippen LogP contribution in [-0.4, -0.2) is 75.1 Å². The van der Waals surface area contributed by atoms with E-state index in [0.29, 0.717) is 22.3 Å². The number of piperazine rings is 1. The van der Waals surface area contributed by atoms with Crippen molar-refractivity contribution >= 4 is 34.1 Å². The third-order valence-electron chi connectivity index (χ3n) is 6.43. The Morgan fingerprint density at radius 1 is 1.12 bits per heavy atom. The van der Waals surface area contributed by atoms with Crippen molar-refractivity contribution in [2.24, 2.45) is 0 Å². The molecule has 34 heavy (non-hydrogen) atoms. The normalized spacial score (nSPS) is 16.9. The number of carbonyl (C=O) groups excluding carboxylic acids is 2. The molecule has 1 saturated heterocycles. The Balaban J connectivity index is 1.45. The van der Waals surface area contributed by atoms with E-state index in [1.165, 1.54) is 4.57 Å². The van der Waals surface area contributed by atoms with E-state index in [1.807, 2.05) is 12.1 Å². The number of nitrogens with zero attached hydrogens (tertiary/aromatic N) is 5. The summed E-state index contributed by atoms with van der Waals surface area (Å²) in [5, 5.41) is 26.7. The lowest BCUT2D eigenvalue weighted by molar-refractivity contribution is -0.392. The molecule has 1 fully saturated rings. The maximum absolute atomic E-state index is 13.3. The van der Waals surface area contributed by atoms with Gasteiger partial charge in [-0.3, -0.25) is 14.5 Å². The molecule has 0 saturated carbocycles. The molecular weight excluding hydrogens is 440 g/mol. The molecule has 2 amide bonds. The summed E-state index contributed by atoms with van der Waals surface area (Å²) in [5.74, 6) is -0.881. The zero-order valence-electron chi connectivity index (χ0n) is 18.6. The molecule has 1 aromatic heterocycles. The first-order chi connectivity index (χ1) is 16.4. The molecule has 5 rings (SSSR count). The Morgan fingerprint density at radius 3 is 2.53 bits per heavy atom. The van der Waals surface area contributed by atoms with Crippen LogP contribution in [0, 0.1) is 17.0 Å². The molecule has 1 unspecified atom stereocenters. The van der Waals surface area contributed by atoms with Gasteiger partial charge in [-0.25, -0.2) is 9.55 Å². The molecule has 11 heteroatoms. The highest BCUT2D eigenvalue weighted by atomic mass is 16.6. The van der Waals surface area contributed by atoms with Crippen molar-refractivity contribution in [1.82, 2.24) is 19.8 Å². The minimum Gasteiger partial charge on any atom is -0.387 e. The number of amides is 2. The standard InChI is InChI=1S/C23H24N6O5/c1-14-25-11-20(29(33)34)27(14)12-15(30)13-28-22(31)17-4-2-3-16-19(26-9-7-24-8-10-26)6-5-18(21(16)17)23(28)32/h2-6,11,15,24,30H,7-10,12-13H2,1H3. The van der Waals surface area contributed by atoms with Gasteiger partial charge in [0.15, 0.2) is 5.82 Å². The summed E-state index contributed by atoms with van der Waals surface area (Å²) in [4.78, 5) is 44.5. The summed E-state index contributed by atoms with van der Waals surface area (Å²) in [7, 11) is 0. The number of imidazole rings is 1. The Hall–Kier alpha value is -3.83. The number of benzene rings is 2. The molecule has 0 spiro atoms. The van der Waals surface area contributed by atoms with E-state index >= 15 is 0 Å². The predicted molar refractivity (Wildman–Crippen MR) is 124 cm³/mol. The van der Waals surface area contributed by atoms with Gasteiger partial charge in [-0.15, -0.1) is 0 Å². The molecule has 11 nitrogen and oxygen atoms in total. The van der Waals surface area contributed by atoms with E-state index in [-0.39, 0.29) is 18.9 Å². The van der Waals surface area contributed by atoms with Crippen LogP contribution in [0.15, 0.2) is 36.5 Å². The van der Waals surface area contributed by atoms with Crippen molar-refractivity contribution < 1.29 is 19.6 Å². The van der Waals surface area contributed by atoms with E-state index in [4.69, 9.17) is 0 Å². The number of nitro groups is 1. The summed E-state index contributed by atoms with van der Waals surface area (Å²) < 4.78 is 1.26. The van der Waals surface area contributed by atoms with E-state index in [2.05, 4.69) is 15.2 Å². The second-order valence-corrected chi connectivity index (χ2v) is 8.50. The number of β-amino-alcohol motifs (C(OH)–C–C–N with tert-alkyl or cyclic N) is 1.